The molecule has 1 fully saturated rings. The van der Waals surface area contributed by atoms with Crippen molar-refractivity contribution in [2.45, 2.75) is 56.9 Å². The molecule has 15 heavy (non-hydrogen) atoms. The topological polar surface area (TPSA) is 64.1 Å². The van der Waals surface area contributed by atoms with Gasteiger partial charge in [0.15, 0.2) is 0 Å². The minimum Gasteiger partial charge on any atom is -0.330 e. The summed E-state index contributed by atoms with van der Waals surface area (Å²) in [6, 6.07) is 0. The smallest absolute Gasteiger partial charge is 0.0182 e. The third-order valence-electron chi connectivity index (χ3n) is 3.55. The molecule has 0 aromatic carbocycles. The Morgan fingerprint density at radius 1 is 0.933 bits per heavy atom. The van der Waals surface area contributed by atoms with Gasteiger partial charge in [-0.2, -0.15) is 0 Å². The molecule has 5 N–H and O–H groups in total. The maximum absolute atomic E-state index is 5.61. The number of hydrogen-bond acceptors (Lipinski definition) is 3. The molecule has 1 aliphatic rings. The fourth-order valence-electron chi connectivity index (χ4n) is 2.64. The molecule has 0 aromatic heterocycles. The van der Waals surface area contributed by atoms with Crippen LogP contribution in [0.5, 0.6) is 0 Å². The standard InChI is InChI=1S/C12H27N3/c13-9-4-8-12(15-11-5-10-14)6-2-1-3-7-12/h15H,1-11,13-14H2. The van der Waals surface area contributed by atoms with Gasteiger partial charge >= 0.3 is 0 Å². The van der Waals surface area contributed by atoms with Gasteiger partial charge in [0.2, 0.25) is 0 Å². The third-order valence-corrected chi connectivity index (χ3v) is 3.55. The van der Waals surface area contributed by atoms with Crippen LogP contribution in [0.2, 0.25) is 0 Å². The first kappa shape index (κ1) is 12.9. The molecular weight excluding hydrogens is 186 g/mol. The van der Waals surface area contributed by atoms with Crippen molar-refractivity contribution >= 4 is 0 Å². The lowest BCUT2D eigenvalue weighted by molar-refractivity contribution is 0.212. The quantitative estimate of drug-likeness (QED) is 0.560. The Morgan fingerprint density at radius 2 is 1.60 bits per heavy atom. The van der Waals surface area contributed by atoms with Crippen molar-refractivity contribution in [2.24, 2.45) is 11.5 Å². The Morgan fingerprint density at radius 3 is 2.20 bits per heavy atom. The number of hydrogen-bond donors (Lipinski definition) is 3. The van der Waals surface area contributed by atoms with E-state index in [0.29, 0.717) is 5.54 Å². The van der Waals surface area contributed by atoms with Gasteiger partial charge in [0.1, 0.15) is 0 Å². The molecule has 3 nitrogen and oxygen atoms in total. The molecule has 0 radical (unpaired) electrons. The van der Waals surface area contributed by atoms with Crippen LogP contribution < -0.4 is 16.8 Å². The van der Waals surface area contributed by atoms with Crippen LogP contribution in [-0.2, 0) is 0 Å². The molecule has 0 atom stereocenters. The number of rotatable bonds is 7. The molecule has 0 heterocycles. The van der Waals surface area contributed by atoms with E-state index in [2.05, 4.69) is 5.32 Å². The second-order valence-electron chi connectivity index (χ2n) is 4.80. The molecule has 0 bridgehead atoms. The Kier molecular flexibility index (Phi) is 6.22. The molecule has 90 valence electrons. The summed E-state index contributed by atoms with van der Waals surface area (Å²) in [7, 11) is 0. The van der Waals surface area contributed by atoms with Crippen molar-refractivity contribution in [1.29, 1.82) is 0 Å². The molecular formula is C12H27N3. The highest BCUT2D eigenvalue weighted by Crippen LogP contribution is 2.31. The van der Waals surface area contributed by atoms with Crippen molar-refractivity contribution in [2.75, 3.05) is 19.6 Å². The molecule has 0 aromatic rings. The minimum absolute atomic E-state index is 0.396. The Labute approximate surface area is 94.0 Å². The largest absolute Gasteiger partial charge is 0.330 e. The first-order chi connectivity index (χ1) is 7.33. The summed E-state index contributed by atoms with van der Waals surface area (Å²) in [6.07, 6.45) is 10.3. The first-order valence-electron chi connectivity index (χ1n) is 6.48. The minimum atomic E-state index is 0.396. The van der Waals surface area contributed by atoms with Crippen LogP contribution in [0.4, 0.5) is 0 Å². The molecule has 0 unspecified atom stereocenters. The lowest BCUT2D eigenvalue weighted by atomic mass is 9.78. The van der Waals surface area contributed by atoms with Gasteiger partial charge in [0, 0.05) is 5.54 Å². The Bertz CT molecular complexity index is 153. The van der Waals surface area contributed by atoms with Crippen molar-refractivity contribution in [3.8, 4) is 0 Å². The van der Waals surface area contributed by atoms with Gasteiger partial charge in [-0.1, -0.05) is 19.3 Å². The normalized spacial score (nSPS) is 20.4. The lowest BCUT2D eigenvalue weighted by Crippen LogP contribution is -2.47. The monoisotopic (exact) mass is 213 g/mol. The van der Waals surface area contributed by atoms with E-state index in [4.69, 9.17) is 11.5 Å². The number of nitrogens with one attached hydrogen (secondary N) is 1. The van der Waals surface area contributed by atoms with E-state index >= 15 is 0 Å². The fourth-order valence-corrected chi connectivity index (χ4v) is 2.64. The van der Waals surface area contributed by atoms with Gasteiger partial charge in [-0.25, -0.2) is 0 Å². The highest BCUT2D eigenvalue weighted by molar-refractivity contribution is 4.90. The zero-order valence-electron chi connectivity index (χ0n) is 9.93. The van der Waals surface area contributed by atoms with E-state index in [0.717, 1.165) is 32.5 Å². The second kappa shape index (κ2) is 7.20. The average Bonchev–Trinajstić information content (AvgIpc) is 2.28. The zero-order valence-corrected chi connectivity index (χ0v) is 9.93. The van der Waals surface area contributed by atoms with E-state index < -0.39 is 0 Å². The lowest BCUT2D eigenvalue weighted by Gasteiger charge is -2.38. The van der Waals surface area contributed by atoms with Crippen LogP contribution >= 0.6 is 0 Å². The predicted molar refractivity (Wildman–Crippen MR) is 65.8 cm³/mol. The second-order valence-corrected chi connectivity index (χ2v) is 4.80. The van der Waals surface area contributed by atoms with Crippen LogP contribution in [0.1, 0.15) is 51.4 Å². The summed E-state index contributed by atoms with van der Waals surface area (Å²) in [5, 5.41) is 3.74. The van der Waals surface area contributed by atoms with Gasteiger partial charge < -0.3 is 16.8 Å². The molecule has 0 aliphatic heterocycles. The molecule has 0 spiro atoms. The zero-order chi connectivity index (χ0) is 11.0. The van der Waals surface area contributed by atoms with Crippen LogP contribution in [0.15, 0.2) is 0 Å². The van der Waals surface area contributed by atoms with Crippen LogP contribution in [-0.4, -0.2) is 25.2 Å². The Balaban J connectivity index is 2.35. The highest BCUT2D eigenvalue weighted by Gasteiger charge is 2.30. The maximum atomic E-state index is 5.61. The summed E-state index contributed by atoms with van der Waals surface area (Å²) < 4.78 is 0. The summed E-state index contributed by atoms with van der Waals surface area (Å²) in [5.74, 6) is 0. The molecule has 1 aliphatic carbocycles. The van der Waals surface area contributed by atoms with Crippen LogP contribution in [0, 0.1) is 0 Å². The van der Waals surface area contributed by atoms with Gasteiger partial charge in [-0.3, -0.25) is 0 Å². The van der Waals surface area contributed by atoms with E-state index in [1.807, 2.05) is 0 Å². The van der Waals surface area contributed by atoms with Gasteiger partial charge in [0.25, 0.3) is 0 Å². The molecule has 3 heteroatoms. The van der Waals surface area contributed by atoms with Crippen molar-refractivity contribution < 1.29 is 0 Å². The fraction of sp³-hybridized carbons (Fsp3) is 1.00. The summed E-state index contributed by atoms with van der Waals surface area (Å²) in [4.78, 5) is 0. The summed E-state index contributed by atoms with van der Waals surface area (Å²) in [6.45, 7) is 2.68. The van der Waals surface area contributed by atoms with E-state index in [1.165, 1.54) is 38.5 Å². The van der Waals surface area contributed by atoms with Gasteiger partial charge in [-0.15, -0.1) is 0 Å². The molecule has 1 rings (SSSR count). The van der Waals surface area contributed by atoms with Crippen molar-refractivity contribution in [3.63, 3.8) is 0 Å². The number of nitrogens with two attached hydrogens (primary N) is 2. The Hall–Kier alpha value is -0.120. The molecule has 0 amide bonds. The van der Waals surface area contributed by atoms with Crippen molar-refractivity contribution in [3.05, 3.63) is 0 Å². The van der Waals surface area contributed by atoms with Gasteiger partial charge in [0.05, 0.1) is 0 Å². The van der Waals surface area contributed by atoms with Crippen molar-refractivity contribution in [1.82, 2.24) is 5.32 Å². The van der Waals surface area contributed by atoms with Gasteiger partial charge in [-0.05, 0) is 51.7 Å². The maximum Gasteiger partial charge on any atom is 0.0182 e. The SMILES string of the molecule is NCCCNC1(CCCN)CCCCC1. The molecule has 1 saturated carbocycles. The summed E-state index contributed by atoms with van der Waals surface area (Å²) >= 11 is 0. The average molecular weight is 213 g/mol. The molecule has 0 saturated heterocycles. The van der Waals surface area contributed by atoms with E-state index in [9.17, 15) is 0 Å². The predicted octanol–water partition coefficient (Wildman–Crippen LogP) is 1.37. The third kappa shape index (κ3) is 4.49. The van der Waals surface area contributed by atoms with Crippen LogP contribution in [0.25, 0.3) is 0 Å². The highest BCUT2D eigenvalue weighted by atomic mass is 15.0. The van der Waals surface area contributed by atoms with E-state index in [-0.39, 0.29) is 0 Å². The summed E-state index contributed by atoms with van der Waals surface area (Å²) in [5.41, 5.74) is 11.5. The van der Waals surface area contributed by atoms with Crippen LogP contribution in [0.3, 0.4) is 0 Å². The van der Waals surface area contributed by atoms with E-state index in [1.54, 1.807) is 0 Å². The first-order valence-corrected chi connectivity index (χ1v) is 6.48.